The van der Waals surface area contributed by atoms with Crippen molar-refractivity contribution in [1.82, 2.24) is 20.4 Å². The van der Waals surface area contributed by atoms with Crippen molar-refractivity contribution in [1.29, 1.82) is 0 Å². The van der Waals surface area contributed by atoms with Crippen LogP contribution in [-0.4, -0.2) is 33.3 Å². The SMILES string of the molecule is CN(Cc1cn[nH]c1)C(=S)NC1CC1. The maximum Gasteiger partial charge on any atom is 0.169 e. The Labute approximate surface area is 88.7 Å². The zero-order chi connectivity index (χ0) is 9.97. The van der Waals surface area contributed by atoms with E-state index >= 15 is 0 Å². The third-order valence-electron chi connectivity index (χ3n) is 2.23. The molecule has 1 saturated carbocycles. The second kappa shape index (κ2) is 3.96. The molecule has 0 aliphatic heterocycles. The Morgan fingerprint density at radius 2 is 2.57 bits per heavy atom. The van der Waals surface area contributed by atoms with Gasteiger partial charge in [0.2, 0.25) is 0 Å². The summed E-state index contributed by atoms with van der Waals surface area (Å²) in [5, 5.41) is 10.8. The molecule has 4 nitrogen and oxygen atoms in total. The molecule has 1 fully saturated rings. The smallest absolute Gasteiger partial charge is 0.169 e. The molecular formula is C9H14N4S. The van der Waals surface area contributed by atoms with Crippen LogP contribution in [0, 0.1) is 0 Å². The number of thiocarbonyl (C=S) groups is 1. The number of nitrogens with one attached hydrogen (secondary N) is 2. The lowest BCUT2D eigenvalue weighted by Gasteiger charge is -2.19. The molecule has 2 rings (SSSR count). The Balaban J connectivity index is 1.81. The Kier molecular flexibility index (Phi) is 2.67. The summed E-state index contributed by atoms with van der Waals surface area (Å²) in [4.78, 5) is 2.03. The maximum atomic E-state index is 5.25. The van der Waals surface area contributed by atoms with Gasteiger partial charge in [0, 0.05) is 31.4 Å². The van der Waals surface area contributed by atoms with Crippen LogP contribution >= 0.6 is 12.2 Å². The third-order valence-corrected chi connectivity index (χ3v) is 2.66. The first-order valence-electron chi connectivity index (χ1n) is 4.75. The van der Waals surface area contributed by atoms with E-state index in [0.717, 1.165) is 17.2 Å². The number of hydrogen-bond acceptors (Lipinski definition) is 2. The number of nitrogens with zero attached hydrogens (tertiary/aromatic N) is 2. The van der Waals surface area contributed by atoms with Gasteiger partial charge in [-0.25, -0.2) is 0 Å². The van der Waals surface area contributed by atoms with Crippen LogP contribution in [0.5, 0.6) is 0 Å². The lowest BCUT2D eigenvalue weighted by Crippen LogP contribution is -2.37. The number of hydrogen-bond donors (Lipinski definition) is 2. The van der Waals surface area contributed by atoms with Gasteiger partial charge >= 0.3 is 0 Å². The lowest BCUT2D eigenvalue weighted by atomic mass is 10.3. The summed E-state index contributed by atoms with van der Waals surface area (Å²) in [6.45, 7) is 0.801. The van der Waals surface area contributed by atoms with Crippen LogP contribution in [0.25, 0.3) is 0 Å². The van der Waals surface area contributed by atoms with Gasteiger partial charge in [-0.05, 0) is 25.1 Å². The van der Waals surface area contributed by atoms with E-state index in [1.54, 1.807) is 0 Å². The molecule has 0 saturated heterocycles. The summed E-state index contributed by atoms with van der Waals surface area (Å²) < 4.78 is 0. The Bertz CT molecular complexity index is 305. The van der Waals surface area contributed by atoms with Crippen LogP contribution in [0.3, 0.4) is 0 Å². The highest BCUT2D eigenvalue weighted by Gasteiger charge is 2.22. The highest BCUT2D eigenvalue weighted by molar-refractivity contribution is 7.80. The van der Waals surface area contributed by atoms with Crippen LogP contribution in [0.1, 0.15) is 18.4 Å². The summed E-state index contributed by atoms with van der Waals surface area (Å²) in [5.74, 6) is 0. The monoisotopic (exact) mass is 210 g/mol. The predicted molar refractivity (Wildman–Crippen MR) is 58.8 cm³/mol. The third kappa shape index (κ3) is 2.45. The van der Waals surface area contributed by atoms with Crippen molar-refractivity contribution in [3.63, 3.8) is 0 Å². The fourth-order valence-corrected chi connectivity index (χ4v) is 1.45. The highest BCUT2D eigenvalue weighted by atomic mass is 32.1. The van der Waals surface area contributed by atoms with Crippen LogP contribution in [0.2, 0.25) is 0 Å². The molecule has 1 aliphatic carbocycles. The molecule has 0 amide bonds. The van der Waals surface area contributed by atoms with Gasteiger partial charge in [0.05, 0.1) is 6.20 Å². The molecule has 0 unspecified atom stereocenters. The fourth-order valence-electron chi connectivity index (χ4n) is 1.22. The number of H-pyrrole nitrogens is 1. The molecule has 14 heavy (non-hydrogen) atoms. The Morgan fingerprint density at radius 1 is 1.79 bits per heavy atom. The largest absolute Gasteiger partial charge is 0.360 e. The molecule has 1 aromatic heterocycles. The summed E-state index contributed by atoms with van der Waals surface area (Å²) >= 11 is 5.25. The molecule has 0 atom stereocenters. The highest BCUT2D eigenvalue weighted by Crippen LogP contribution is 2.19. The summed E-state index contributed by atoms with van der Waals surface area (Å²) in [6, 6.07) is 0.620. The van der Waals surface area contributed by atoms with E-state index in [1.807, 2.05) is 24.3 Å². The second-order valence-electron chi connectivity index (χ2n) is 3.69. The topological polar surface area (TPSA) is 44.0 Å². The fraction of sp³-hybridized carbons (Fsp3) is 0.556. The second-order valence-corrected chi connectivity index (χ2v) is 4.07. The molecular weight excluding hydrogens is 196 g/mol. The minimum absolute atomic E-state index is 0.620. The quantitative estimate of drug-likeness (QED) is 0.727. The van der Waals surface area contributed by atoms with E-state index in [-0.39, 0.29) is 0 Å². The van der Waals surface area contributed by atoms with Crippen molar-refractivity contribution < 1.29 is 0 Å². The minimum atomic E-state index is 0.620. The Morgan fingerprint density at radius 3 is 3.14 bits per heavy atom. The van der Waals surface area contributed by atoms with Gasteiger partial charge in [0.25, 0.3) is 0 Å². The van der Waals surface area contributed by atoms with Gasteiger partial charge in [-0.2, -0.15) is 5.10 Å². The average Bonchev–Trinajstić information content (AvgIpc) is 2.81. The van der Waals surface area contributed by atoms with Crippen molar-refractivity contribution in [2.45, 2.75) is 25.4 Å². The van der Waals surface area contributed by atoms with Gasteiger partial charge < -0.3 is 10.2 Å². The van der Waals surface area contributed by atoms with E-state index in [0.29, 0.717) is 6.04 Å². The number of aromatic amines is 1. The maximum absolute atomic E-state index is 5.25. The van der Waals surface area contributed by atoms with Gasteiger partial charge in [-0.3, -0.25) is 5.10 Å². The standard InChI is InChI=1S/C9H14N4S/c1-13(6-7-4-10-11-5-7)9(14)12-8-2-3-8/h4-5,8H,2-3,6H2,1H3,(H,10,11)(H,12,14). The van der Waals surface area contributed by atoms with Gasteiger partial charge in [-0.15, -0.1) is 0 Å². The van der Waals surface area contributed by atoms with Crippen LogP contribution in [-0.2, 0) is 6.54 Å². The van der Waals surface area contributed by atoms with Crippen molar-refractivity contribution in [3.05, 3.63) is 18.0 Å². The molecule has 76 valence electrons. The molecule has 0 bridgehead atoms. The first-order valence-corrected chi connectivity index (χ1v) is 5.16. The molecule has 0 aromatic carbocycles. The van der Waals surface area contributed by atoms with E-state index in [2.05, 4.69) is 15.5 Å². The molecule has 5 heteroatoms. The van der Waals surface area contributed by atoms with Crippen LogP contribution in [0.15, 0.2) is 12.4 Å². The van der Waals surface area contributed by atoms with E-state index in [4.69, 9.17) is 12.2 Å². The van der Waals surface area contributed by atoms with E-state index in [1.165, 1.54) is 12.8 Å². The van der Waals surface area contributed by atoms with Crippen LogP contribution in [0.4, 0.5) is 0 Å². The summed E-state index contributed by atoms with van der Waals surface area (Å²) in [6.07, 6.45) is 6.20. The number of rotatable bonds is 3. The van der Waals surface area contributed by atoms with Crippen molar-refractivity contribution >= 4 is 17.3 Å². The summed E-state index contributed by atoms with van der Waals surface area (Å²) in [5.41, 5.74) is 1.15. The average molecular weight is 210 g/mol. The van der Waals surface area contributed by atoms with Gasteiger partial charge in [0.15, 0.2) is 5.11 Å². The van der Waals surface area contributed by atoms with Gasteiger partial charge in [-0.1, -0.05) is 0 Å². The lowest BCUT2D eigenvalue weighted by molar-refractivity contribution is 0.488. The Hall–Kier alpha value is -1.10. The molecule has 2 N–H and O–H groups in total. The van der Waals surface area contributed by atoms with E-state index < -0.39 is 0 Å². The molecule has 1 heterocycles. The zero-order valence-corrected chi connectivity index (χ0v) is 8.97. The molecule has 0 spiro atoms. The zero-order valence-electron chi connectivity index (χ0n) is 8.16. The van der Waals surface area contributed by atoms with E-state index in [9.17, 15) is 0 Å². The van der Waals surface area contributed by atoms with Gasteiger partial charge in [0.1, 0.15) is 0 Å². The molecule has 1 aliphatic rings. The first-order chi connectivity index (χ1) is 6.75. The number of aromatic nitrogens is 2. The normalized spacial score (nSPS) is 15.2. The summed E-state index contributed by atoms with van der Waals surface area (Å²) in [7, 11) is 1.99. The van der Waals surface area contributed by atoms with Crippen molar-refractivity contribution in [2.75, 3.05) is 7.05 Å². The predicted octanol–water partition coefficient (Wildman–Crippen LogP) is 0.878. The first kappa shape index (κ1) is 9.45. The van der Waals surface area contributed by atoms with Crippen molar-refractivity contribution in [3.8, 4) is 0 Å². The van der Waals surface area contributed by atoms with Crippen molar-refractivity contribution in [2.24, 2.45) is 0 Å². The molecule has 0 radical (unpaired) electrons. The molecule has 1 aromatic rings. The van der Waals surface area contributed by atoms with Crippen LogP contribution < -0.4 is 5.32 Å². The minimum Gasteiger partial charge on any atom is -0.360 e.